The van der Waals surface area contributed by atoms with Gasteiger partial charge >= 0.3 is 6.36 Å². The average Bonchev–Trinajstić information content (AvgIpc) is 2.80. The number of rotatable bonds is 7. The molecule has 6 unspecified atom stereocenters. The minimum atomic E-state index is -4.73. The van der Waals surface area contributed by atoms with Gasteiger partial charge in [-0.15, -0.1) is 24.8 Å². The summed E-state index contributed by atoms with van der Waals surface area (Å²) in [5, 5.41) is 19.0. The Labute approximate surface area is 212 Å². The molecule has 8 nitrogen and oxygen atoms in total. The van der Waals surface area contributed by atoms with E-state index in [4.69, 9.17) is 16.3 Å². The number of carbonyl (C=O) groups excluding carboxylic acids is 2. The molecular formula is C23H34ClF4N3O5. The van der Waals surface area contributed by atoms with E-state index >= 15 is 0 Å². The highest BCUT2D eigenvalue weighted by Gasteiger charge is 2.55. The van der Waals surface area contributed by atoms with E-state index < -0.39 is 47.2 Å². The summed E-state index contributed by atoms with van der Waals surface area (Å²) >= 11 is 5.89. The molecule has 4 saturated carbocycles. The first kappa shape index (κ1) is 27.8. The molecule has 6 atom stereocenters. The highest BCUT2D eigenvalue weighted by Crippen LogP contribution is 2.47. The Bertz CT molecular complexity index is 803. The summed E-state index contributed by atoms with van der Waals surface area (Å²) in [6.07, 6.45) is -4.44. The normalized spacial score (nSPS) is 41.1. The largest absolute Gasteiger partial charge is 0.524 e. The zero-order chi connectivity index (χ0) is 26.1. The number of ether oxygens (including phenoxy) is 2. The Kier molecular flexibility index (Phi) is 8.41. The molecule has 0 spiro atoms. The van der Waals surface area contributed by atoms with Crippen molar-refractivity contribution in [1.29, 1.82) is 0 Å². The van der Waals surface area contributed by atoms with Gasteiger partial charge in [-0.1, -0.05) is 0 Å². The molecule has 1 saturated heterocycles. The number of aliphatic hydroxyl groups excluding tert-OH is 1. The summed E-state index contributed by atoms with van der Waals surface area (Å²) < 4.78 is 60.5. The summed E-state index contributed by atoms with van der Waals surface area (Å²) in [6.45, 7) is -0.157. The molecule has 0 aromatic rings. The van der Waals surface area contributed by atoms with E-state index in [1.807, 2.05) is 0 Å². The van der Waals surface area contributed by atoms with E-state index in [9.17, 15) is 32.3 Å². The first-order chi connectivity index (χ1) is 16.9. The van der Waals surface area contributed by atoms with E-state index in [0.29, 0.717) is 38.5 Å². The van der Waals surface area contributed by atoms with Crippen molar-refractivity contribution in [2.75, 3.05) is 13.2 Å². The van der Waals surface area contributed by atoms with Crippen LogP contribution in [-0.2, 0) is 19.1 Å². The lowest BCUT2D eigenvalue weighted by Crippen LogP contribution is -2.70. The van der Waals surface area contributed by atoms with E-state index in [-0.39, 0.29) is 56.8 Å². The number of alkyl halides is 5. The smallest absolute Gasteiger partial charge is 0.391 e. The molecule has 0 radical (unpaired) electrons. The zero-order valence-corrected chi connectivity index (χ0v) is 20.7. The minimum absolute atomic E-state index is 0.0593. The molecule has 2 bridgehead atoms. The summed E-state index contributed by atoms with van der Waals surface area (Å²) in [5.41, 5.74) is -1.42. The zero-order valence-electron chi connectivity index (χ0n) is 19.9. The quantitative estimate of drug-likeness (QED) is 0.290. The summed E-state index contributed by atoms with van der Waals surface area (Å²) in [6, 6.07) is 0. The Morgan fingerprint density at radius 2 is 1.81 bits per heavy atom. The molecule has 2 amide bonds. The van der Waals surface area contributed by atoms with Gasteiger partial charge in [0.15, 0.2) is 0 Å². The van der Waals surface area contributed by atoms with Crippen LogP contribution in [0, 0.1) is 5.92 Å². The van der Waals surface area contributed by atoms with Crippen LogP contribution >= 0.6 is 11.6 Å². The number of hydrogen-bond donors (Lipinski definition) is 4. The van der Waals surface area contributed by atoms with Crippen molar-refractivity contribution in [2.45, 2.75) is 112 Å². The Morgan fingerprint density at radius 3 is 2.39 bits per heavy atom. The van der Waals surface area contributed by atoms with Crippen molar-refractivity contribution in [3.05, 3.63) is 0 Å². The van der Waals surface area contributed by atoms with Gasteiger partial charge in [0.05, 0.1) is 29.0 Å². The van der Waals surface area contributed by atoms with E-state index in [1.54, 1.807) is 0 Å². The SMILES string of the molecule is O=C(COC1CCC(Cl)C(F)C1)NC12CCC(NC(=O)C3CCC(OC(F)(F)F)NC3)(CC1)CC2O. The number of fused-ring (bicyclic) bond motifs is 3. The van der Waals surface area contributed by atoms with Gasteiger partial charge in [-0.05, 0) is 57.8 Å². The fourth-order valence-corrected chi connectivity index (χ4v) is 6.27. The van der Waals surface area contributed by atoms with Crippen LogP contribution in [0.25, 0.3) is 0 Å². The molecule has 4 aliphatic carbocycles. The predicted octanol–water partition coefficient (Wildman–Crippen LogP) is 2.41. The molecule has 4 N–H and O–H groups in total. The van der Waals surface area contributed by atoms with Crippen molar-refractivity contribution in [2.24, 2.45) is 5.92 Å². The maximum Gasteiger partial charge on any atom is 0.524 e. The van der Waals surface area contributed by atoms with Crippen LogP contribution in [0.5, 0.6) is 0 Å². The van der Waals surface area contributed by atoms with Crippen molar-refractivity contribution in [3.8, 4) is 0 Å². The maximum absolute atomic E-state index is 13.8. The molecule has 0 aromatic heterocycles. The molecule has 5 fully saturated rings. The van der Waals surface area contributed by atoms with Gasteiger partial charge in [0.1, 0.15) is 19.0 Å². The Balaban J connectivity index is 1.23. The number of nitrogens with one attached hydrogen (secondary N) is 3. The fraction of sp³-hybridized carbons (Fsp3) is 0.913. The van der Waals surface area contributed by atoms with E-state index in [2.05, 4.69) is 20.7 Å². The minimum Gasteiger partial charge on any atom is -0.391 e. The average molecular weight is 544 g/mol. The molecule has 13 heteroatoms. The topological polar surface area (TPSA) is 109 Å². The lowest BCUT2D eigenvalue weighted by atomic mass is 9.59. The first-order valence-electron chi connectivity index (χ1n) is 12.6. The molecule has 0 aromatic carbocycles. The lowest BCUT2D eigenvalue weighted by Gasteiger charge is -2.56. The van der Waals surface area contributed by atoms with Crippen LogP contribution in [0.3, 0.4) is 0 Å². The molecule has 1 heterocycles. The van der Waals surface area contributed by atoms with Crippen LogP contribution in [-0.4, -0.2) is 77.5 Å². The van der Waals surface area contributed by atoms with Crippen LogP contribution in [0.1, 0.15) is 64.2 Å². The van der Waals surface area contributed by atoms with Gasteiger partial charge < -0.3 is 20.5 Å². The number of amides is 2. The van der Waals surface area contributed by atoms with Gasteiger partial charge in [0.25, 0.3) is 0 Å². The molecule has 206 valence electrons. The lowest BCUT2D eigenvalue weighted by molar-refractivity contribution is -0.348. The van der Waals surface area contributed by atoms with Gasteiger partial charge in [-0.3, -0.25) is 19.6 Å². The standard InChI is InChI=1S/C23H34ClF4N3O5/c24-15-3-2-14(9-16(15)25)35-12-18(33)30-22-7-5-21(6-8-22,10-17(22)32)31-20(34)13-1-4-19(29-11-13)36-23(26,27)28/h13-17,19,29,32H,1-12H2,(H,30,33)(H,31,34). The van der Waals surface area contributed by atoms with Crippen molar-refractivity contribution >= 4 is 23.4 Å². The van der Waals surface area contributed by atoms with E-state index in [0.717, 1.165) is 0 Å². The third-order valence-corrected chi connectivity index (χ3v) is 8.70. The highest BCUT2D eigenvalue weighted by molar-refractivity contribution is 6.21. The van der Waals surface area contributed by atoms with Crippen molar-refractivity contribution in [1.82, 2.24) is 16.0 Å². The second kappa shape index (κ2) is 10.9. The molecule has 5 rings (SSSR count). The van der Waals surface area contributed by atoms with Crippen LogP contribution in [0.15, 0.2) is 0 Å². The van der Waals surface area contributed by atoms with Crippen molar-refractivity contribution < 1.29 is 41.7 Å². The second-order valence-corrected chi connectivity index (χ2v) is 11.3. The third-order valence-electron chi connectivity index (χ3n) is 8.21. The predicted molar refractivity (Wildman–Crippen MR) is 121 cm³/mol. The maximum atomic E-state index is 13.8. The molecular weight excluding hydrogens is 510 g/mol. The van der Waals surface area contributed by atoms with Crippen LogP contribution < -0.4 is 16.0 Å². The molecule has 1 aliphatic heterocycles. The van der Waals surface area contributed by atoms with Crippen LogP contribution in [0.4, 0.5) is 17.6 Å². The van der Waals surface area contributed by atoms with Gasteiger partial charge in [-0.2, -0.15) is 0 Å². The number of hydrogen-bond acceptors (Lipinski definition) is 6. The summed E-state index contributed by atoms with van der Waals surface area (Å²) in [5.74, 6) is -1.13. The number of piperidine rings is 1. The summed E-state index contributed by atoms with van der Waals surface area (Å²) in [7, 11) is 0. The fourth-order valence-electron chi connectivity index (χ4n) is 6.04. The monoisotopic (exact) mass is 543 g/mol. The second-order valence-electron chi connectivity index (χ2n) is 10.7. The molecule has 36 heavy (non-hydrogen) atoms. The third kappa shape index (κ3) is 6.61. The number of halogens is 5. The number of aliphatic hydroxyl groups is 1. The van der Waals surface area contributed by atoms with Crippen LogP contribution in [0.2, 0.25) is 0 Å². The molecule has 5 aliphatic rings. The van der Waals surface area contributed by atoms with Gasteiger partial charge in [-0.25, -0.2) is 4.39 Å². The first-order valence-corrected chi connectivity index (χ1v) is 13.0. The highest BCUT2D eigenvalue weighted by atomic mass is 35.5. The van der Waals surface area contributed by atoms with Gasteiger partial charge in [0.2, 0.25) is 11.8 Å². The Hall–Kier alpha value is -1.21. The number of carbonyl (C=O) groups is 2. The van der Waals surface area contributed by atoms with E-state index in [1.165, 1.54) is 0 Å². The van der Waals surface area contributed by atoms with Gasteiger partial charge in [0, 0.05) is 18.5 Å². The summed E-state index contributed by atoms with van der Waals surface area (Å²) in [4.78, 5) is 25.4. The van der Waals surface area contributed by atoms with Crippen molar-refractivity contribution in [3.63, 3.8) is 0 Å². The Morgan fingerprint density at radius 1 is 1.08 bits per heavy atom.